The number of pyridine rings is 2. The Kier molecular flexibility index (Phi) is 4.55. The van der Waals surface area contributed by atoms with Gasteiger partial charge in [-0.1, -0.05) is 0 Å². The molecule has 0 fully saturated rings. The van der Waals surface area contributed by atoms with E-state index in [9.17, 15) is 4.79 Å². The first-order valence-electron chi connectivity index (χ1n) is 6.33. The van der Waals surface area contributed by atoms with Crippen molar-refractivity contribution in [1.29, 1.82) is 0 Å². The molecule has 0 bridgehead atoms. The number of nitrogens with two attached hydrogens (primary N) is 1. The zero-order valence-corrected chi connectivity index (χ0v) is 11.8. The molecule has 0 spiro atoms. The van der Waals surface area contributed by atoms with Crippen LogP contribution in [0.4, 0.5) is 17.2 Å². The van der Waals surface area contributed by atoms with E-state index in [0.717, 1.165) is 0 Å². The number of ether oxygens (including phenoxy) is 2. The molecule has 0 aliphatic heterocycles. The first kappa shape index (κ1) is 14.6. The molecule has 0 radical (unpaired) electrons. The molecule has 0 aliphatic carbocycles. The summed E-state index contributed by atoms with van der Waals surface area (Å²) < 4.78 is 9.97. The molecule has 0 saturated carbocycles. The first-order valence-corrected chi connectivity index (χ1v) is 6.33. The van der Waals surface area contributed by atoms with Crippen molar-refractivity contribution in [3.63, 3.8) is 0 Å². The summed E-state index contributed by atoms with van der Waals surface area (Å²) in [6, 6.07) is 5.00. The fourth-order valence-corrected chi connectivity index (χ4v) is 1.67. The highest BCUT2D eigenvalue weighted by atomic mass is 16.5. The molecule has 0 amide bonds. The standard InChI is InChI=1S/C14H16N4O3/c1-3-21-12-5-4-10(8-16-12)18-13-11(14(19)20-2)6-9(15)7-17-13/h4-8H,3,15H2,1-2H3,(H,17,18). The summed E-state index contributed by atoms with van der Waals surface area (Å²) in [6.45, 7) is 2.43. The summed E-state index contributed by atoms with van der Waals surface area (Å²) in [7, 11) is 1.30. The Labute approximate surface area is 122 Å². The van der Waals surface area contributed by atoms with Crippen LogP contribution in [0.5, 0.6) is 5.88 Å². The number of nitrogen functional groups attached to an aromatic ring is 1. The van der Waals surface area contributed by atoms with Crippen molar-refractivity contribution in [2.75, 3.05) is 24.8 Å². The molecule has 2 rings (SSSR count). The molecule has 0 saturated heterocycles. The normalized spacial score (nSPS) is 10.0. The number of nitrogens with one attached hydrogen (secondary N) is 1. The van der Waals surface area contributed by atoms with Crippen molar-refractivity contribution in [2.45, 2.75) is 6.92 Å². The van der Waals surface area contributed by atoms with E-state index in [2.05, 4.69) is 15.3 Å². The molecule has 3 N–H and O–H groups in total. The minimum atomic E-state index is -0.517. The molecule has 21 heavy (non-hydrogen) atoms. The number of esters is 1. The molecule has 0 aromatic carbocycles. The number of aromatic nitrogens is 2. The van der Waals surface area contributed by atoms with Gasteiger partial charge in [0.1, 0.15) is 11.4 Å². The van der Waals surface area contributed by atoms with Crippen LogP contribution in [0.25, 0.3) is 0 Å². The van der Waals surface area contributed by atoms with Crippen molar-refractivity contribution in [1.82, 2.24) is 9.97 Å². The summed E-state index contributed by atoms with van der Waals surface area (Å²) in [6.07, 6.45) is 3.04. The van der Waals surface area contributed by atoms with Gasteiger partial charge in [-0.15, -0.1) is 0 Å². The van der Waals surface area contributed by atoms with Gasteiger partial charge < -0.3 is 20.5 Å². The minimum Gasteiger partial charge on any atom is -0.478 e. The number of hydrogen-bond acceptors (Lipinski definition) is 7. The summed E-state index contributed by atoms with van der Waals surface area (Å²) in [5.41, 5.74) is 6.94. The summed E-state index contributed by atoms with van der Waals surface area (Å²) in [5, 5.41) is 3.00. The number of methoxy groups -OCH3 is 1. The van der Waals surface area contributed by atoms with E-state index in [1.165, 1.54) is 19.4 Å². The van der Waals surface area contributed by atoms with Crippen LogP contribution in [-0.4, -0.2) is 29.7 Å². The summed E-state index contributed by atoms with van der Waals surface area (Å²) in [5.74, 6) is 0.361. The van der Waals surface area contributed by atoms with Gasteiger partial charge in [-0.25, -0.2) is 14.8 Å². The van der Waals surface area contributed by atoms with E-state index in [1.807, 2.05) is 6.92 Å². The Morgan fingerprint density at radius 3 is 2.76 bits per heavy atom. The molecule has 0 unspecified atom stereocenters. The molecule has 7 nitrogen and oxygen atoms in total. The molecule has 7 heteroatoms. The third-order valence-corrected chi connectivity index (χ3v) is 2.61. The number of carbonyl (C=O) groups excluding carboxylic acids is 1. The van der Waals surface area contributed by atoms with E-state index in [-0.39, 0.29) is 5.56 Å². The quantitative estimate of drug-likeness (QED) is 0.811. The van der Waals surface area contributed by atoms with E-state index in [4.69, 9.17) is 15.2 Å². The average Bonchev–Trinajstić information content (AvgIpc) is 2.50. The highest BCUT2D eigenvalue weighted by Crippen LogP contribution is 2.21. The fourth-order valence-electron chi connectivity index (χ4n) is 1.67. The summed E-state index contributed by atoms with van der Waals surface area (Å²) >= 11 is 0. The van der Waals surface area contributed by atoms with Crippen LogP contribution >= 0.6 is 0 Å². The number of hydrogen-bond donors (Lipinski definition) is 2. The number of nitrogens with zero attached hydrogens (tertiary/aromatic N) is 2. The van der Waals surface area contributed by atoms with Gasteiger partial charge in [0.05, 0.1) is 37.5 Å². The zero-order valence-electron chi connectivity index (χ0n) is 11.8. The Morgan fingerprint density at radius 1 is 1.33 bits per heavy atom. The second-order valence-electron chi connectivity index (χ2n) is 4.10. The van der Waals surface area contributed by atoms with Crippen molar-refractivity contribution in [2.24, 2.45) is 0 Å². The molecule has 2 aromatic rings. The number of carbonyl (C=O) groups is 1. The van der Waals surface area contributed by atoms with Crippen LogP contribution in [-0.2, 0) is 4.74 Å². The van der Waals surface area contributed by atoms with E-state index < -0.39 is 5.97 Å². The van der Waals surface area contributed by atoms with Crippen LogP contribution in [0.15, 0.2) is 30.6 Å². The van der Waals surface area contributed by atoms with Gasteiger partial charge in [-0.2, -0.15) is 0 Å². The molecule has 0 aliphatic rings. The predicted octanol–water partition coefficient (Wildman–Crippen LogP) is 1.99. The van der Waals surface area contributed by atoms with Crippen molar-refractivity contribution in [3.05, 3.63) is 36.2 Å². The Balaban J connectivity index is 2.24. The average molecular weight is 288 g/mol. The second-order valence-corrected chi connectivity index (χ2v) is 4.10. The maximum absolute atomic E-state index is 11.7. The van der Waals surface area contributed by atoms with Crippen LogP contribution in [0.1, 0.15) is 17.3 Å². The van der Waals surface area contributed by atoms with Crippen molar-refractivity contribution in [3.8, 4) is 5.88 Å². The second kappa shape index (κ2) is 6.56. The van der Waals surface area contributed by atoms with E-state index >= 15 is 0 Å². The molecular weight excluding hydrogens is 272 g/mol. The van der Waals surface area contributed by atoms with E-state index in [0.29, 0.717) is 29.7 Å². The highest BCUT2D eigenvalue weighted by Gasteiger charge is 2.14. The Hall–Kier alpha value is -2.83. The third-order valence-electron chi connectivity index (χ3n) is 2.61. The van der Waals surface area contributed by atoms with Gasteiger partial charge in [0.2, 0.25) is 5.88 Å². The molecule has 2 aromatic heterocycles. The maximum atomic E-state index is 11.7. The van der Waals surface area contributed by atoms with Crippen LogP contribution in [0.2, 0.25) is 0 Å². The molecule has 2 heterocycles. The third kappa shape index (κ3) is 3.59. The summed E-state index contributed by atoms with van der Waals surface area (Å²) in [4.78, 5) is 20.0. The Morgan fingerprint density at radius 2 is 2.14 bits per heavy atom. The lowest BCUT2D eigenvalue weighted by Gasteiger charge is -2.10. The largest absolute Gasteiger partial charge is 0.478 e. The molecular formula is C14H16N4O3. The van der Waals surface area contributed by atoms with Crippen LogP contribution in [0.3, 0.4) is 0 Å². The predicted molar refractivity (Wildman–Crippen MR) is 78.7 cm³/mol. The van der Waals surface area contributed by atoms with Gasteiger partial charge >= 0.3 is 5.97 Å². The van der Waals surface area contributed by atoms with Crippen molar-refractivity contribution >= 4 is 23.2 Å². The lowest BCUT2D eigenvalue weighted by Crippen LogP contribution is -2.08. The minimum absolute atomic E-state index is 0.256. The maximum Gasteiger partial charge on any atom is 0.341 e. The molecule has 110 valence electrons. The van der Waals surface area contributed by atoms with E-state index in [1.54, 1.807) is 18.3 Å². The SMILES string of the molecule is CCOc1ccc(Nc2ncc(N)cc2C(=O)OC)cn1. The Bertz CT molecular complexity index is 629. The van der Waals surface area contributed by atoms with Gasteiger partial charge in [0, 0.05) is 6.07 Å². The lowest BCUT2D eigenvalue weighted by atomic mass is 10.2. The zero-order chi connectivity index (χ0) is 15.2. The van der Waals surface area contributed by atoms with Gasteiger partial charge in [0.25, 0.3) is 0 Å². The van der Waals surface area contributed by atoms with Crippen LogP contribution in [0, 0.1) is 0 Å². The smallest absolute Gasteiger partial charge is 0.341 e. The lowest BCUT2D eigenvalue weighted by molar-refractivity contribution is 0.0601. The fraction of sp³-hybridized carbons (Fsp3) is 0.214. The van der Waals surface area contributed by atoms with Gasteiger partial charge in [-0.3, -0.25) is 0 Å². The number of rotatable bonds is 5. The molecule has 0 atom stereocenters. The highest BCUT2D eigenvalue weighted by molar-refractivity contribution is 5.96. The monoisotopic (exact) mass is 288 g/mol. The van der Waals surface area contributed by atoms with Gasteiger partial charge in [-0.05, 0) is 19.1 Å². The van der Waals surface area contributed by atoms with Crippen molar-refractivity contribution < 1.29 is 14.3 Å². The van der Waals surface area contributed by atoms with Gasteiger partial charge in [0.15, 0.2) is 0 Å². The topological polar surface area (TPSA) is 99.4 Å². The first-order chi connectivity index (χ1) is 10.1. The van der Waals surface area contributed by atoms with Crippen LogP contribution < -0.4 is 15.8 Å². The number of anilines is 3.